The van der Waals surface area contributed by atoms with E-state index < -0.39 is 17.5 Å². The number of amides is 1. The fraction of sp³-hybridized carbons (Fsp3) is 0.533. The summed E-state index contributed by atoms with van der Waals surface area (Å²) in [4.78, 5) is 12.1. The van der Waals surface area contributed by atoms with Gasteiger partial charge in [-0.05, 0) is 30.9 Å². The van der Waals surface area contributed by atoms with Crippen LogP contribution in [0.4, 0.5) is 8.78 Å². The fourth-order valence-electron chi connectivity index (χ4n) is 2.84. The van der Waals surface area contributed by atoms with Crippen LogP contribution in [0.25, 0.3) is 0 Å². The normalized spacial score (nSPS) is 17.8. The number of carbonyl (C=O) groups is 1. The van der Waals surface area contributed by atoms with Gasteiger partial charge < -0.3 is 11.1 Å². The van der Waals surface area contributed by atoms with Gasteiger partial charge in [0.25, 0.3) is 5.91 Å². The van der Waals surface area contributed by atoms with Crippen molar-refractivity contribution < 1.29 is 13.6 Å². The van der Waals surface area contributed by atoms with Crippen molar-refractivity contribution in [3.63, 3.8) is 0 Å². The van der Waals surface area contributed by atoms with Crippen molar-refractivity contribution in [3.8, 4) is 0 Å². The Labute approximate surface area is 117 Å². The zero-order valence-corrected chi connectivity index (χ0v) is 11.4. The summed E-state index contributed by atoms with van der Waals surface area (Å²) >= 11 is 0. The smallest absolute Gasteiger partial charge is 0.251 e. The summed E-state index contributed by atoms with van der Waals surface area (Å²) in [5.41, 5.74) is 5.72. The zero-order chi connectivity index (χ0) is 14.5. The average molecular weight is 282 g/mol. The van der Waals surface area contributed by atoms with Crippen molar-refractivity contribution in [3.05, 3.63) is 35.4 Å². The van der Waals surface area contributed by atoms with Gasteiger partial charge in [-0.3, -0.25) is 4.79 Å². The highest BCUT2D eigenvalue weighted by molar-refractivity contribution is 5.94. The second kappa shape index (κ2) is 6.79. The monoisotopic (exact) mass is 282 g/mol. The van der Waals surface area contributed by atoms with E-state index in [0.29, 0.717) is 12.5 Å². The maximum absolute atomic E-state index is 13.1. The van der Waals surface area contributed by atoms with Crippen molar-refractivity contribution in [2.75, 3.05) is 6.54 Å². The molecule has 2 rings (SSSR count). The summed E-state index contributed by atoms with van der Waals surface area (Å²) in [6, 6.07) is 2.69. The molecule has 0 saturated heterocycles. The molecule has 1 aliphatic carbocycles. The molecule has 0 bridgehead atoms. The second-order valence-corrected chi connectivity index (χ2v) is 5.37. The van der Waals surface area contributed by atoms with E-state index in [9.17, 15) is 13.6 Å². The number of nitrogens with one attached hydrogen (secondary N) is 1. The van der Waals surface area contributed by atoms with E-state index in [1.54, 1.807) is 0 Å². The third-order valence-electron chi connectivity index (χ3n) is 3.91. The molecule has 1 fully saturated rings. The molecule has 0 aliphatic heterocycles. The Morgan fingerprint density at radius 3 is 2.35 bits per heavy atom. The maximum Gasteiger partial charge on any atom is 0.251 e. The number of halogens is 2. The lowest BCUT2D eigenvalue weighted by molar-refractivity contribution is 0.0914. The molecule has 1 amide bonds. The summed E-state index contributed by atoms with van der Waals surface area (Å²) in [7, 11) is 0. The standard InChI is InChI=1S/C15H20F2N2O/c16-12-6-11(7-13(17)8-12)15(20)19-14(9-18)10-4-2-1-3-5-10/h6-8,10,14H,1-5,9,18H2,(H,19,20). The predicted octanol–water partition coefficient (Wildman–Crippen LogP) is 2.60. The van der Waals surface area contributed by atoms with E-state index in [0.717, 1.165) is 43.9 Å². The highest BCUT2D eigenvalue weighted by atomic mass is 19.1. The Hall–Kier alpha value is -1.49. The molecular formula is C15H20F2N2O. The van der Waals surface area contributed by atoms with E-state index >= 15 is 0 Å². The van der Waals surface area contributed by atoms with Crippen molar-refractivity contribution in [1.82, 2.24) is 5.32 Å². The summed E-state index contributed by atoms with van der Waals surface area (Å²) in [6.07, 6.45) is 5.59. The van der Waals surface area contributed by atoms with E-state index in [1.807, 2.05) is 0 Å². The van der Waals surface area contributed by atoms with Crippen LogP contribution in [0.1, 0.15) is 42.5 Å². The topological polar surface area (TPSA) is 55.1 Å². The van der Waals surface area contributed by atoms with Crippen molar-refractivity contribution in [2.24, 2.45) is 11.7 Å². The van der Waals surface area contributed by atoms with E-state index in [2.05, 4.69) is 5.32 Å². The van der Waals surface area contributed by atoms with Crippen molar-refractivity contribution >= 4 is 5.91 Å². The Morgan fingerprint density at radius 2 is 1.80 bits per heavy atom. The van der Waals surface area contributed by atoms with Gasteiger partial charge in [-0.1, -0.05) is 19.3 Å². The first-order valence-corrected chi connectivity index (χ1v) is 7.07. The molecule has 5 heteroatoms. The molecule has 1 aromatic carbocycles. The van der Waals surface area contributed by atoms with Crippen LogP contribution < -0.4 is 11.1 Å². The lowest BCUT2D eigenvalue weighted by Crippen LogP contribution is -2.45. The van der Waals surface area contributed by atoms with Crippen molar-refractivity contribution in [2.45, 2.75) is 38.1 Å². The van der Waals surface area contributed by atoms with E-state index in [-0.39, 0.29) is 11.6 Å². The van der Waals surface area contributed by atoms with Crippen LogP contribution in [0, 0.1) is 17.6 Å². The lowest BCUT2D eigenvalue weighted by Gasteiger charge is -2.30. The molecule has 110 valence electrons. The predicted molar refractivity (Wildman–Crippen MR) is 73.2 cm³/mol. The van der Waals surface area contributed by atoms with Crippen molar-refractivity contribution in [1.29, 1.82) is 0 Å². The molecule has 0 radical (unpaired) electrons. The molecule has 1 aromatic rings. The Balaban J connectivity index is 2.04. The molecule has 0 heterocycles. The number of nitrogens with two attached hydrogens (primary N) is 1. The van der Waals surface area contributed by atoms with Crippen LogP contribution in [0.3, 0.4) is 0 Å². The molecule has 0 spiro atoms. The van der Waals surface area contributed by atoms with Crippen LogP contribution in [0.15, 0.2) is 18.2 Å². The zero-order valence-electron chi connectivity index (χ0n) is 11.4. The summed E-state index contributed by atoms with van der Waals surface area (Å²) < 4.78 is 26.2. The number of hydrogen-bond donors (Lipinski definition) is 2. The molecule has 1 saturated carbocycles. The Kier molecular flexibility index (Phi) is 5.06. The first kappa shape index (κ1) is 14.9. The first-order valence-electron chi connectivity index (χ1n) is 7.07. The van der Waals surface area contributed by atoms with Gasteiger partial charge in [0.2, 0.25) is 0 Å². The van der Waals surface area contributed by atoms with Crippen LogP contribution >= 0.6 is 0 Å². The van der Waals surface area contributed by atoms with Gasteiger partial charge in [0.1, 0.15) is 11.6 Å². The number of benzene rings is 1. The van der Waals surface area contributed by atoms with Gasteiger partial charge in [0.15, 0.2) is 0 Å². The van der Waals surface area contributed by atoms with E-state index in [1.165, 1.54) is 6.42 Å². The third kappa shape index (κ3) is 3.76. The van der Waals surface area contributed by atoms with Gasteiger partial charge >= 0.3 is 0 Å². The molecule has 20 heavy (non-hydrogen) atoms. The van der Waals surface area contributed by atoms with Gasteiger partial charge in [0, 0.05) is 24.2 Å². The Morgan fingerprint density at radius 1 is 1.20 bits per heavy atom. The molecular weight excluding hydrogens is 262 g/mol. The maximum atomic E-state index is 13.1. The molecule has 3 N–H and O–H groups in total. The molecule has 1 atom stereocenters. The number of hydrogen-bond acceptors (Lipinski definition) is 2. The highest BCUT2D eigenvalue weighted by Gasteiger charge is 2.24. The van der Waals surface area contributed by atoms with E-state index in [4.69, 9.17) is 5.73 Å². The first-order chi connectivity index (χ1) is 9.60. The van der Waals surface area contributed by atoms with Crippen LogP contribution in [0.2, 0.25) is 0 Å². The lowest BCUT2D eigenvalue weighted by atomic mass is 9.84. The minimum Gasteiger partial charge on any atom is -0.348 e. The van der Waals surface area contributed by atoms with Gasteiger partial charge in [-0.25, -0.2) is 8.78 Å². The van der Waals surface area contributed by atoms with Crippen LogP contribution in [-0.2, 0) is 0 Å². The molecule has 3 nitrogen and oxygen atoms in total. The largest absolute Gasteiger partial charge is 0.348 e. The average Bonchev–Trinajstić information content (AvgIpc) is 2.44. The summed E-state index contributed by atoms with van der Waals surface area (Å²) in [5.74, 6) is -1.62. The van der Waals surface area contributed by atoms with Gasteiger partial charge in [-0.15, -0.1) is 0 Å². The molecule has 0 aromatic heterocycles. The molecule has 1 unspecified atom stereocenters. The minimum absolute atomic E-state index is 0.00300. The Bertz CT molecular complexity index is 453. The summed E-state index contributed by atoms with van der Waals surface area (Å²) in [5, 5.41) is 2.81. The quantitative estimate of drug-likeness (QED) is 0.892. The fourth-order valence-corrected chi connectivity index (χ4v) is 2.84. The SMILES string of the molecule is NCC(NC(=O)c1cc(F)cc(F)c1)C1CCCCC1. The second-order valence-electron chi connectivity index (χ2n) is 5.37. The number of rotatable bonds is 4. The minimum atomic E-state index is -0.753. The molecule has 1 aliphatic rings. The van der Waals surface area contributed by atoms with Crippen LogP contribution in [-0.4, -0.2) is 18.5 Å². The van der Waals surface area contributed by atoms with Gasteiger partial charge in [-0.2, -0.15) is 0 Å². The third-order valence-corrected chi connectivity index (χ3v) is 3.91. The summed E-state index contributed by atoms with van der Waals surface area (Å²) in [6.45, 7) is 0.341. The highest BCUT2D eigenvalue weighted by Crippen LogP contribution is 2.26. The number of carbonyl (C=O) groups excluding carboxylic acids is 1. The van der Waals surface area contributed by atoms with Crippen LogP contribution in [0.5, 0.6) is 0 Å². The van der Waals surface area contributed by atoms with Gasteiger partial charge in [0.05, 0.1) is 0 Å².